The zero-order chi connectivity index (χ0) is 15.6. The predicted molar refractivity (Wildman–Crippen MR) is 76.8 cm³/mol. The van der Waals surface area contributed by atoms with Crippen molar-refractivity contribution in [2.24, 2.45) is 5.92 Å². The molecule has 0 aliphatic carbocycles. The minimum Gasteiger partial charge on any atom is -0.478 e. The average molecular weight is 295 g/mol. The second kappa shape index (κ2) is 5.99. The Bertz CT molecular complexity index is 569. The lowest BCUT2D eigenvalue weighted by atomic mass is 9.95. The third-order valence-corrected chi connectivity index (χ3v) is 3.84. The van der Waals surface area contributed by atoms with Gasteiger partial charge in [0.05, 0.1) is 11.4 Å². The van der Waals surface area contributed by atoms with Gasteiger partial charge in [-0.3, -0.25) is 4.79 Å². The van der Waals surface area contributed by atoms with Crippen molar-refractivity contribution in [2.45, 2.75) is 12.8 Å². The minimum absolute atomic E-state index is 0.00766. The first-order valence-electron chi connectivity index (χ1n) is 6.73. The van der Waals surface area contributed by atoms with Crippen LogP contribution in [0, 0.1) is 11.7 Å². The van der Waals surface area contributed by atoms with Crippen LogP contribution in [0.4, 0.5) is 15.8 Å². The molecule has 1 aromatic carbocycles. The van der Waals surface area contributed by atoms with Crippen molar-refractivity contribution >= 4 is 23.3 Å². The predicted octanol–water partition coefficient (Wildman–Crippen LogP) is 1.07. The van der Waals surface area contributed by atoms with Gasteiger partial charge in [0.2, 0.25) is 5.91 Å². The number of hydrogen-bond acceptors (Lipinski definition) is 4. The molecule has 6 nitrogen and oxygen atoms in total. The summed E-state index contributed by atoms with van der Waals surface area (Å²) >= 11 is 0. The third-order valence-electron chi connectivity index (χ3n) is 3.84. The number of amides is 1. The van der Waals surface area contributed by atoms with Gasteiger partial charge in [0.1, 0.15) is 11.4 Å². The summed E-state index contributed by atoms with van der Waals surface area (Å²) in [6.07, 6.45) is 1.24. The van der Waals surface area contributed by atoms with E-state index >= 15 is 0 Å². The molecular weight excluding hydrogens is 277 g/mol. The minimum atomic E-state index is -1.25. The molecule has 0 radical (unpaired) electrons. The van der Waals surface area contributed by atoms with Gasteiger partial charge in [-0.1, -0.05) is 0 Å². The van der Waals surface area contributed by atoms with Gasteiger partial charge in [-0.05, 0) is 25.0 Å². The third kappa shape index (κ3) is 2.91. The summed E-state index contributed by atoms with van der Waals surface area (Å²) in [4.78, 5) is 24.7. The number of anilines is 2. The van der Waals surface area contributed by atoms with Crippen molar-refractivity contribution in [2.75, 3.05) is 30.8 Å². The van der Waals surface area contributed by atoms with E-state index < -0.39 is 11.8 Å². The molecule has 1 fully saturated rings. The zero-order valence-electron chi connectivity index (χ0n) is 11.7. The molecular formula is C14H18FN3O3. The van der Waals surface area contributed by atoms with Crippen LogP contribution in [-0.4, -0.2) is 37.1 Å². The van der Waals surface area contributed by atoms with Gasteiger partial charge >= 0.3 is 5.97 Å². The van der Waals surface area contributed by atoms with Crippen LogP contribution >= 0.6 is 0 Å². The van der Waals surface area contributed by atoms with Gasteiger partial charge in [-0.2, -0.15) is 0 Å². The number of carboxylic acid groups (broad SMARTS) is 1. The van der Waals surface area contributed by atoms with E-state index in [0.29, 0.717) is 31.6 Å². The molecule has 2 rings (SSSR count). The molecule has 21 heavy (non-hydrogen) atoms. The summed E-state index contributed by atoms with van der Waals surface area (Å²) in [5.41, 5.74) is 5.37. The highest BCUT2D eigenvalue weighted by Crippen LogP contribution is 2.31. The molecule has 0 saturated carbocycles. The fourth-order valence-corrected chi connectivity index (χ4v) is 2.66. The number of carbonyl (C=O) groups is 2. The summed E-state index contributed by atoms with van der Waals surface area (Å²) in [5.74, 6) is -2.07. The number of nitrogen functional groups attached to an aromatic ring is 1. The van der Waals surface area contributed by atoms with Crippen molar-refractivity contribution in [1.82, 2.24) is 5.32 Å². The van der Waals surface area contributed by atoms with Crippen LogP contribution in [-0.2, 0) is 4.79 Å². The quantitative estimate of drug-likeness (QED) is 0.725. The monoisotopic (exact) mass is 295 g/mol. The van der Waals surface area contributed by atoms with Crippen LogP contribution < -0.4 is 16.0 Å². The van der Waals surface area contributed by atoms with Gasteiger partial charge in [0.15, 0.2) is 0 Å². The summed E-state index contributed by atoms with van der Waals surface area (Å²) in [5, 5.41) is 11.9. The second-order valence-corrected chi connectivity index (χ2v) is 5.04. The van der Waals surface area contributed by atoms with E-state index in [1.54, 1.807) is 7.05 Å². The van der Waals surface area contributed by atoms with Crippen molar-refractivity contribution in [3.63, 3.8) is 0 Å². The van der Waals surface area contributed by atoms with E-state index in [-0.39, 0.29) is 23.1 Å². The number of carbonyl (C=O) groups excluding carboxylic acids is 1. The molecule has 114 valence electrons. The number of nitrogens with two attached hydrogens (primary N) is 1. The van der Waals surface area contributed by atoms with Crippen molar-refractivity contribution in [3.05, 3.63) is 23.5 Å². The number of aromatic carboxylic acids is 1. The largest absolute Gasteiger partial charge is 0.478 e. The number of benzene rings is 1. The summed E-state index contributed by atoms with van der Waals surface area (Å²) in [7, 11) is 1.60. The molecule has 0 aromatic heterocycles. The van der Waals surface area contributed by atoms with Crippen LogP contribution in [0.1, 0.15) is 23.2 Å². The maximum absolute atomic E-state index is 13.4. The summed E-state index contributed by atoms with van der Waals surface area (Å²) in [6.45, 7) is 1.06. The van der Waals surface area contributed by atoms with Crippen LogP contribution in [0.15, 0.2) is 12.1 Å². The highest BCUT2D eigenvalue weighted by molar-refractivity contribution is 6.00. The number of piperidine rings is 1. The molecule has 0 atom stereocenters. The Hall–Kier alpha value is -2.31. The topological polar surface area (TPSA) is 95.7 Å². The first-order valence-corrected chi connectivity index (χ1v) is 6.73. The highest BCUT2D eigenvalue weighted by atomic mass is 19.1. The first kappa shape index (κ1) is 15.1. The fourth-order valence-electron chi connectivity index (χ4n) is 2.66. The molecule has 0 bridgehead atoms. The molecule has 1 aromatic rings. The standard InChI is InChI=1S/C14H18FN3O3/c1-17-13(19)8-4-6-18(7-5-8)10-3-2-9(15)12(16)11(10)14(20)21/h2-3,8H,4-7,16H2,1H3,(H,17,19)(H,20,21). The van der Waals surface area contributed by atoms with Crippen LogP contribution in [0.5, 0.6) is 0 Å². The average Bonchev–Trinajstić information content (AvgIpc) is 2.48. The van der Waals surface area contributed by atoms with Gasteiger partial charge in [0.25, 0.3) is 0 Å². The van der Waals surface area contributed by atoms with E-state index in [2.05, 4.69) is 5.32 Å². The highest BCUT2D eigenvalue weighted by Gasteiger charge is 2.27. The molecule has 1 saturated heterocycles. The lowest BCUT2D eigenvalue weighted by molar-refractivity contribution is -0.125. The van der Waals surface area contributed by atoms with Crippen molar-refractivity contribution < 1.29 is 19.1 Å². The van der Waals surface area contributed by atoms with Gasteiger partial charge in [0, 0.05) is 26.1 Å². The molecule has 1 aliphatic rings. The Balaban J connectivity index is 2.23. The lowest BCUT2D eigenvalue weighted by Gasteiger charge is -2.33. The van der Waals surface area contributed by atoms with Crippen molar-refractivity contribution in [1.29, 1.82) is 0 Å². The molecule has 1 aliphatic heterocycles. The molecule has 1 amide bonds. The van der Waals surface area contributed by atoms with E-state index in [9.17, 15) is 19.1 Å². The molecule has 4 N–H and O–H groups in total. The van der Waals surface area contributed by atoms with E-state index in [1.165, 1.54) is 12.1 Å². The maximum atomic E-state index is 13.4. The van der Waals surface area contributed by atoms with Gasteiger partial charge in [-0.15, -0.1) is 0 Å². The Morgan fingerprint density at radius 1 is 1.38 bits per heavy atom. The molecule has 1 heterocycles. The second-order valence-electron chi connectivity index (χ2n) is 5.04. The molecule has 7 heteroatoms. The van der Waals surface area contributed by atoms with Gasteiger partial charge < -0.3 is 21.1 Å². The normalized spacial score (nSPS) is 15.8. The molecule has 0 unspecified atom stereocenters. The summed E-state index contributed by atoms with van der Waals surface area (Å²) < 4.78 is 13.4. The lowest BCUT2D eigenvalue weighted by Crippen LogP contribution is -2.40. The van der Waals surface area contributed by atoms with Crippen molar-refractivity contribution in [3.8, 4) is 0 Å². The SMILES string of the molecule is CNC(=O)C1CCN(c2ccc(F)c(N)c2C(=O)O)CC1. The van der Waals surface area contributed by atoms with E-state index in [4.69, 9.17) is 5.73 Å². The van der Waals surface area contributed by atoms with Crippen LogP contribution in [0.25, 0.3) is 0 Å². The number of nitrogens with one attached hydrogen (secondary N) is 1. The van der Waals surface area contributed by atoms with Crippen LogP contribution in [0.3, 0.4) is 0 Å². The zero-order valence-corrected chi connectivity index (χ0v) is 11.7. The maximum Gasteiger partial charge on any atom is 0.340 e. The number of carboxylic acids is 1. The Morgan fingerprint density at radius 2 is 2.00 bits per heavy atom. The Labute approximate surface area is 121 Å². The van der Waals surface area contributed by atoms with E-state index in [0.717, 1.165) is 0 Å². The number of nitrogens with zero attached hydrogens (tertiary/aromatic N) is 1. The number of hydrogen-bond donors (Lipinski definition) is 3. The van der Waals surface area contributed by atoms with Crippen LogP contribution in [0.2, 0.25) is 0 Å². The van der Waals surface area contributed by atoms with Gasteiger partial charge in [-0.25, -0.2) is 9.18 Å². The smallest absolute Gasteiger partial charge is 0.340 e. The Kier molecular flexibility index (Phi) is 4.30. The Morgan fingerprint density at radius 3 is 2.52 bits per heavy atom. The first-order chi connectivity index (χ1) is 9.95. The van der Waals surface area contributed by atoms with E-state index in [1.807, 2.05) is 4.90 Å². The number of halogens is 1. The molecule has 0 spiro atoms. The summed E-state index contributed by atoms with van der Waals surface area (Å²) in [6, 6.07) is 2.59. The number of rotatable bonds is 3. The fraction of sp³-hybridized carbons (Fsp3) is 0.429.